The van der Waals surface area contributed by atoms with Gasteiger partial charge in [0.05, 0.1) is 6.04 Å². The van der Waals surface area contributed by atoms with Crippen LogP contribution in [0.25, 0.3) is 11.5 Å². The molecule has 2 rings (SSSR count). The molecule has 0 saturated carbocycles. The first-order chi connectivity index (χ1) is 8.16. The highest BCUT2D eigenvalue weighted by Gasteiger charge is 2.09. The molecule has 17 heavy (non-hydrogen) atoms. The van der Waals surface area contributed by atoms with Crippen LogP contribution in [-0.2, 0) is 4.79 Å². The minimum atomic E-state index is -0.554. The summed E-state index contributed by atoms with van der Waals surface area (Å²) in [6.45, 7) is 1.62. The number of carbonyl (C=O) groups excluding carboxylic acids is 1. The number of nitrogens with two attached hydrogens (primary N) is 1. The van der Waals surface area contributed by atoms with Crippen LogP contribution < -0.4 is 11.1 Å². The van der Waals surface area contributed by atoms with Crippen molar-refractivity contribution in [1.29, 1.82) is 0 Å². The Hall–Kier alpha value is -2.21. The number of anilines is 1. The number of nitrogens with one attached hydrogen (secondary N) is 1. The third-order valence-corrected chi connectivity index (χ3v) is 2.15. The van der Waals surface area contributed by atoms with Gasteiger partial charge in [-0.15, -0.1) is 10.2 Å². The number of hydrogen-bond donors (Lipinski definition) is 2. The summed E-state index contributed by atoms with van der Waals surface area (Å²) in [6, 6.07) is 6.56. The Morgan fingerprint density at radius 2 is 2.35 bits per heavy atom. The van der Waals surface area contributed by atoms with Gasteiger partial charge in [0, 0.05) is 11.3 Å². The summed E-state index contributed by atoms with van der Waals surface area (Å²) in [7, 11) is 0. The Labute approximate surface area is 97.8 Å². The lowest BCUT2D eigenvalue weighted by atomic mass is 10.2. The lowest BCUT2D eigenvalue weighted by molar-refractivity contribution is -0.117. The topological polar surface area (TPSA) is 94.0 Å². The predicted molar refractivity (Wildman–Crippen MR) is 62.0 cm³/mol. The zero-order chi connectivity index (χ0) is 12.3. The van der Waals surface area contributed by atoms with Crippen molar-refractivity contribution >= 4 is 11.6 Å². The van der Waals surface area contributed by atoms with Gasteiger partial charge in [0.25, 0.3) is 0 Å². The standard InChI is InChI=1S/C11H12N4O2/c1-7(12)10(16)14-9-4-2-3-8(5-9)11-15-13-6-17-11/h2-7H,12H2,1H3,(H,14,16)/t7-/m0/s1. The molecule has 1 atom stereocenters. The van der Waals surface area contributed by atoms with E-state index < -0.39 is 6.04 Å². The van der Waals surface area contributed by atoms with Crippen LogP contribution in [0.15, 0.2) is 35.1 Å². The molecule has 6 nitrogen and oxygen atoms in total. The number of nitrogens with zero attached hydrogens (tertiary/aromatic N) is 2. The van der Waals surface area contributed by atoms with E-state index in [-0.39, 0.29) is 5.91 Å². The van der Waals surface area contributed by atoms with E-state index in [0.29, 0.717) is 11.6 Å². The molecule has 2 aromatic rings. The summed E-state index contributed by atoms with van der Waals surface area (Å²) in [6.07, 6.45) is 1.25. The second kappa shape index (κ2) is 4.75. The highest BCUT2D eigenvalue weighted by atomic mass is 16.4. The maximum Gasteiger partial charge on any atom is 0.247 e. The van der Waals surface area contributed by atoms with Crippen LogP contribution >= 0.6 is 0 Å². The Bertz CT molecular complexity index is 508. The van der Waals surface area contributed by atoms with Gasteiger partial charge in [-0.3, -0.25) is 4.79 Å². The lowest BCUT2D eigenvalue weighted by Crippen LogP contribution is -2.32. The van der Waals surface area contributed by atoms with Crippen LogP contribution in [0.4, 0.5) is 5.69 Å². The Morgan fingerprint density at radius 1 is 1.53 bits per heavy atom. The van der Waals surface area contributed by atoms with E-state index in [2.05, 4.69) is 15.5 Å². The van der Waals surface area contributed by atoms with E-state index >= 15 is 0 Å². The van der Waals surface area contributed by atoms with Crippen molar-refractivity contribution < 1.29 is 9.21 Å². The summed E-state index contributed by atoms with van der Waals surface area (Å²) in [5, 5.41) is 10.1. The fourth-order valence-electron chi connectivity index (χ4n) is 1.28. The summed E-state index contributed by atoms with van der Waals surface area (Å²) in [5.74, 6) is 0.162. The molecule has 6 heteroatoms. The van der Waals surface area contributed by atoms with Crippen LogP contribution in [-0.4, -0.2) is 22.1 Å². The average molecular weight is 232 g/mol. The van der Waals surface area contributed by atoms with Crippen LogP contribution in [0.2, 0.25) is 0 Å². The van der Waals surface area contributed by atoms with E-state index in [1.165, 1.54) is 6.39 Å². The summed E-state index contributed by atoms with van der Waals surface area (Å²) in [4.78, 5) is 11.4. The number of carbonyl (C=O) groups is 1. The van der Waals surface area contributed by atoms with Gasteiger partial charge in [-0.2, -0.15) is 0 Å². The van der Waals surface area contributed by atoms with E-state index in [1.54, 1.807) is 25.1 Å². The SMILES string of the molecule is C[C@H](N)C(=O)Nc1cccc(-c2nnco2)c1. The molecule has 1 aromatic heterocycles. The Morgan fingerprint density at radius 3 is 3.00 bits per heavy atom. The van der Waals surface area contributed by atoms with Gasteiger partial charge < -0.3 is 15.5 Å². The van der Waals surface area contributed by atoms with Gasteiger partial charge in [0.2, 0.25) is 18.2 Å². The summed E-state index contributed by atoms with van der Waals surface area (Å²) >= 11 is 0. The molecule has 0 saturated heterocycles. The van der Waals surface area contributed by atoms with Crippen molar-refractivity contribution in [2.75, 3.05) is 5.32 Å². The minimum absolute atomic E-state index is 0.243. The van der Waals surface area contributed by atoms with Crippen molar-refractivity contribution in [2.24, 2.45) is 5.73 Å². The van der Waals surface area contributed by atoms with Crippen molar-refractivity contribution in [2.45, 2.75) is 13.0 Å². The molecule has 0 spiro atoms. The van der Waals surface area contributed by atoms with Crippen molar-refractivity contribution in [3.05, 3.63) is 30.7 Å². The van der Waals surface area contributed by atoms with Crippen molar-refractivity contribution in [3.63, 3.8) is 0 Å². The van der Waals surface area contributed by atoms with E-state index in [0.717, 1.165) is 5.56 Å². The molecule has 0 bridgehead atoms. The quantitative estimate of drug-likeness (QED) is 0.824. The van der Waals surface area contributed by atoms with Gasteiger partial charge in [-0.05, 0) is 25.1 Å². The molecule has 1 amide bonds. The average Bonchev–Trinajstić information content (AvgIpc) is 2.82. The predicted octanol–water partition coefficient (Wildman–Crippen LogP) is 1.02. The molecule has 1 aromatic carbocycles. The number of benzene rings is 1. The first-order valence-corrected chi connectivity index (χ1v) is 5.10. The van der Waals surface area contributed by atoms with E-state index in [9.17, 15) is 4.79 Å². The van der Waals surface area contributed by atoms with Crippen LogP contribution in [0.1, 0.15) is 6.92 Å². The number of amides is 1. The zero-order valence-corrected chi connectivity index (χ0v) is 9.25. The molecule has 0 radical (unpaired) electrons. The van der Waals surface area contributed by atoms with Gasteiger partial charge in [0.15, 0.2) is 0 Å². The maximum absolute atomic E-state index is 11.4. The molecule has 3 N–H and O–H groups in total. The fourth-order valence-corrected chi connectivity index (χ4v) is 1.28. The van der Waals surface area contributed by atoms with Crippen LogP contribution in [0.3, 0.4) is 0 Å². The van der Waals surface area contributed by atoms with E-state index in [1.807, 2.05) is 6.07 Å². The smallest absolute Gasteiger partial charge is 0.247 e. The second-order valence-electron chi connectivity index (χ2n) is 3.60. The number of hydrogen-bond acceptors (Lipinski definition) is 5. The van der Waals surface area contributed by atoms with Gasteiger partial charge in [0.1, 0.15) is 0 Å². The van der Waals surface area contributed by atoms with Crippen LogP contribution in [0.5, 0.6) is 0 Å². The summed E-state index contributed by atoms with van der Waals surface area (Å²) in [5.41, 5.74) is 6.85. The van der Waals surface area contributed by atoms with Gasteiger partial charge >= 0.3 is 0 Å². The second-order valence-corrected chi connectivity index (χ2v) is 3.60. The highest BCUT2D eigenvalue weighted by molar-refractivity contribution is 5.94. The van der Waals surface area contributed by atoms with Crippen molar-refractivity contribution in [3.8, 4) is 11.5 Å². The molecule has 0 aliphatic carbocycles. The molecule has 1 heterocycles. The van der Waals surface area contributed by atoms with Gasteiger partial charge in [-0.25, -0.2) is 0 Å². The minimum Gasteiger partial charge on any atom is -0.423 e. The Kier molecular flexibility index (Phi) is 3.15. The van der Waals surface area contributed by atoms with Crippen LogP contribution in [0, 0.1) is 0 Å². The largest absolute Gasteiger partial charge is 0.423 e. The van der Waals surface area contributed by atoms with Crippen molar-refractivity contribution in [1.82, 2.24) is 10.2 Å². The molecular formula is C11H12N4O2. The number of aromatic nitrogens is 2. The molecule has 0 fully saturated rings. The third kappa shape index (κ3) is 2.67. The lowest BCUT2D eigenvalue weighted by Gasteiger charge is -2.08. The zero-order valence-electron chi connectivity index (χ0n) is 9.25. The normalized spacial score (nSPS) is 12.1. The summed E-state index contributed by atoms with van der Waals surface area (Å²) < 4.78 is 5.07. The number of rotatable bonds is 3. The first kappa shape index (κ1) is 11.3. The molecule has 0 aliphatic rings. The fraction of sp³-hybridized carbons (Fsp3) is 0.182. The molecular weight excluding hydrogens is 220 g/mol. The molecule has 0 unspecified atom stereocenters. The maximum atomic E-state index is 11.4. The van der Waals surface area contributed by atoms with Gasteiger partial charge in [-0.1, -0.05) is 6.07 Å². The third-order valence-electron chi connectivity index (χ3n) is 2.15. The molecule has 88 valence electrons. The highest BCUT2D eigenvalue weighted by Crippen LogP contribution is 2.20. The molecule has 0 aliphatic heterocycles. The first-order valence-electron chi connectivity index (χ1n) is 5.10. The van der Waals surface area contributed by atoms with E-state index in [4.69, 9.17) is 10.2 Å². The monoisotopic (exact) mass is 232 g/mol. The Balaban J connectivity index is 2.20.